The number of halogens is 1. The van der Waals surface area contributed by atoms with Gasteiger partial charge in [0.2, 0.25) is 0 Å². The van der Waals surface area contributed by atoms with Gasteiger partial charge in [0.15, 0.2) is 0 Å². The third-order valence-corrected chi connectivity index (χ3v) is 11.4. The highest BCUT2D eigenvalue weighted by Crippen LogP contribution is 2.68. The minimum atomic E-state index is -0.282. The molecule has 0 spiro atoms. The van der Waals surface area contributed by atoms with Gasteiger partial charge >= 0.3 is 6.09 Å². The highest BCUT2D eigenvalue weighted by atomic mass is 19.1. The molecule has 1 amide bonds. The molecule has 1 aromatic rings. The number of ether oxygens (including phenoxy) is 1. The molecule has 0 heterocycles. The van der Waals surface area contributed by atoms with Crippen molar-refractivity contribution in [3.63, 3.8) is 0 Å². The molecule has 0 bridgehead atoms. The number of hydrogen-bond acceptors (Lipinski definition) is 3. The number of benzene rings is 1. The Hall–Kier alpha value is -1.62. The summed E-state index contributed by atoms with van der Waals surface area (Å²) in [5, 5.41) is 11.3. The van der Waals surface area contributed by atoms with E-state index in [1.807, 2.05) is 12.1 Å². The summed E-state index contributed by atoms with van der Waals surface area (Å²) >= 11 is 0. The lowest BCUT2D eigenvalue weighted by Crippen LogP contribution is -2.54. The van der Waals surface area contributed by atoms with Crippen LogP contribution in [0.2, 0.25) is 0 Å². The lowest BCUT2D eigenvalue weighted by atomic mass is 9.44. The Bertz CT molecular complexity index is 934. The standard InChI is InChI=1S/C31H46FNO3/c1-30-17-15-23(36-29(35)33(3)4)19-21(30)8-11-24-25-12-13-27(31(25,2)18-16-26(24)30)28(34)14-7-20-5-9-22(32)10-6-20/h5-6,9-10,21,23-28,34H,7-8,11-19H2,1-4H3/t21-,23-,24-,25?,26?,27?,28+,30-,31-/m0/s1. The van der Waals surface area contributed by atoms with Crippen LogP contribution in [0.25, 0.3) is 0 Å². The van der Waals surface area contributed by atoms with Gasteiger partial charge in [0.25, 0.3) is 0 Å². The highest BCUT2D eigenvalue weighted by molar-refractivity contribution is 5.67. The molecule has 3 unspecified atom stereocenters. The second-order valence-corrected chi connectivity index (χ2v) is 13.3. The quantitative estimate of drug-likeness (QED) is 0.482. The molecule has 1 aromatic carbocycles. The maximum absolute atomic E-state index is 13.3. The molecule has 0 radical (unpaired) electrons. The Kier molecular flexibility index (Phi) is 7.17. The molecule has 200 valence electrons. The summed E-state index contributed by atoms with van der Waals surface area (Å²) in [5.74, 6) is 3.05. The average Bonchev–Trinajstić information content (AvgIpc) is 3.21. The van der Waals surface area contributed by atoms with Crippen LogP contribution >= 0.6 is 0 Å². The molecule has 4 aliphatic carbocycles. The fourth-order valence-corrected chi connectivity index (χ4v) is 9.41. The first-order chi connectivity index (χ1) is 17.1. The van der Waals surface area contributed by atoms with E-state index >= 15 is 0 Å². The van der Waals surface area contributed by atoms with Crippen LogP contribution in [0.3, 0.4) is 0 Å². The van der Waals surface area contributed by atoms with Gasteiger partial charge in [-0.25, -0.2) is 9.18 Å². The highest BCUT2D eigenvalue weighted by Gasteiger charge is 2.61. The van der Waals surface area contributed by atoms with Crippen LogP contribution in [-0.4, -0.2) is 42.4 Å². The Morgan fingerprint density at radius 1 is 1.03 bits per heavy atom. The van der Waals surface area contributed by atoms with Gasteiger partial charge in [0.1, 0.15) is 11.9 Å². The number of amides is 1. The molecule has 0 aliphatic heterocycles. The number of rotatable bonds is 5. The van der Waals surface area contributed by atoms with Crippen molar-refractivity contribution >= 4 is 6.09 Å². The Morgan fingerprint density at radius 3 is 2.44 bits per heavy atom. The maximum Gasteiger partial charge on any atom is 0.409 e. The van der Waals surface area contributed by atoms with E-state index in [-0.39, 0.29) is 29.5 Å². The van der Waals surface area contributed by atoms with Crippen molar-refractivity contribution in [2.75, 3.05) is 14.1 Å². The van der Waals surface area contributed by atoms with Crippen LogP contribution < -0.4 is 0 Å². The number of carbonyl (C=O) groups excluding carboxylic acids is 1. The normalized spacial score (nSPS) is 40.5. The maximum atomic E-state index is 13.3. The van der Waals surface area contributed by atoms with Crippen molar-refractivity contribution in [2.45, 2.75) is 96.7 Å². The number of aliphatic hydroxyl groups excluding tert-OH is 1. The van der Waals surface area contributed by atoms with Gasteiger partial charge in [-0.3, -0.25) is 0 Å². The summed E-state index contributed by atoms with van der Waals surface area (Å²) < 4.78 is 19.1. The van der Waals surface area contributed by atoms with E-state index in [1.165, 1.54) is 49.1 Å². The molecule has 0 saturated heterocycles. The van der Waals surface area contributed by atoms with Crippen molar-refractivity contribution in [1.29, 1.82) is 0 Å². The summed E-state index contributed by atoms with van der Waals surface area (Å²) in [5.41, 5.74) is 1.69. The van der Waals surface area contributed by atoms with Crippen molar-refractivity contribution < 1.29 is 19.0 Å². The predicted molar refractivity (Wildman–Crippen MR) is 140 cm³/mol. The lowest BCUT2D eigenvalue weighted by Gasteiger charge is -2.61. The summed E-state index contributed by atoms with van der Waals surface area (Å²) in [6.07, 6.45) is 11.7. The average molecular weight is 500 g/mol. The lowest BCUT2D eigenvalue weighted by molar-refractivity contribution is -0.134. The molecular weight excluding hydrogens is 453 g/mol. The Morgan fingerprint density at radius 2 is 1.72 bits per heavy atom. The van der Waals surface area contributed by atoms with Crippen LogP contribution in [0.4, 0.5) is 9.18 Å². The number of hydrogen-bond donors (Lipinski definition) is 1. The smallest absolute Gasteiger partial charge is 0.409 e. The second-order valence-electron chi connectivity index (χ2n) is 13.3. The molecule has 1 N–H and O–H groups in total. The number of aliphatic hydroxyl groups is 1. The van der Waals surface area contributed by atoms with Gasteiger partial charge in [0.05, 0.1) is 6.10 Å². The molecule has 9 atom stereocenters. The SMILES string of the molecule is CN(C)C(=O)O[C@H]1CC[C@]2(C)C3CC[C@@]4(C)C(CCC4[C@H](O)CCc4ccc(F)cc4)[C@@H]3CC[C@H]2C1. The zero-order chi connectivity index (χ0) is 25.7. The van der Waals surface area contributed by atoms with E-state index in [1.54, 1.807) is 14.1 Å². The number of nitrogens with zero attached hydrogens (tertiary/aromatic N) is 1. The number of carbonyl (C=O) groups is 1. The first-order valence-corrected chi connectivity index (χ1v) is 14.4. The summed E-state index contributed by atoms with van der Waals surface area (Å²) in [6, 6.07) is 6.74. The molecule has 5 heteroatoms. The van der Waals surface area contributed by atoms with Gasteiger partial charge in [-0.2, -0.15) is 0 Å². The van der Waals surface area contributed by atoms with Gasteiger partial charge in [-0.15, -0.1) is 0 Å². The minimum Gasteiger partial charge on any atom is -0.446 e. The van der Waals surface area contributed by atoms with E-state index in [4.69, 9.17) is 4.74 Å². The minimum absolute atomic E-state index is 0.0653. The van der Waals surface area contributed by atoms with Gasteiger partial charge in [-0.1, -0.05) is 26.0 Å². The van der Waals surface area contributed by atoms with Crippen molar-refractivity contribution in [2.24, 2.45) is 40.4 Å². The van der Waals surface area contributed by atoms with E-state index < -0.39 is 0 Å². The third kappa shape index (κ3) is 4.59. The van der Waals surface area contributed by atoms with Crippen LogP contribution in [0, 0.1) is 46.2 Å². The molecule has 36 heavy (non-hydrogen) atoms. The number of fused-ring (bicyclic) bond motifs is 5. The first kappa shape index (κ1) is 26.0. The molecule has 4 nitrogen and oxygen atoms in total. The molecule has 5 rings (SSSR count). The monoisotopic (exact) mass is 499 g/mol. The van der Waals surface area contributed by atoms with Crippen LogP contribution in [0.1, 0.15) is 83.6 Å². The van der Waals surface area contributed by atoms with Crippen LogP contribution in [-0.2, 0) is 11.2 Å². The largest absolute Gasteiger partial charge is 0.446 e. The molecule has 0 aromatic heterocycles. The molecule has 4 fully saturated rings. The van der Waals surface area contributed by atoms with Gasteiger partial charge < -0.3 is 14.7 Å². The zero-order valence-electron chi connectivity index (χ0n) is 22.7. The Labute approximate surface area is 217 Å². The van der Waals surface area contributed by atoms with Crippen LogP contribution in [0.5, 0.6) is 0 Å². The van der Waals surface area contributed by atoms with E-state index in [9.17, 15) is 14.3 Å². The van der Waals surface area contributed by atoms with Crippen molar-refractivity contribution in [3.05, 3.63) is 35.6 Å². The van der Waals surface area contributed by atoms with Gasteiger partial charge in [-0.05, 0) is 129 Å². The van der Waals surface area contributed by atoms with Crippen LogP contribution in [0.15, 0.2) is 24.3 Å². The zero-order valence-corrected chi connectivity index (χ0v) is 22.7. The van der Waals surface area contributed by atoms with Crippen molar-refractivity contribution in [1.82, 2.24) is 4.90 Å². The van der Waals surface area contributed by atoms with Gasteiger partial charge in [0, 0.05) is 14.1 Å². The molecule has 4 aliphatic rings. The van der Waals surface area contributed by atoms with E-state index in [2.05, 4.69) is 13.8 Å². The third-order valence-electron chi connectivity index (χ3n) is 11.4. The summed E-state index contributed by atoms with van der Waals surface area (Å²) in [4.78, 5) is 13.7. The summed E-state index contributed by atoms with van der Waals surface area (Å²) in [7, 11) is 3.52. The molecular formula is C31H46FNO3. The van der Waals surface area contributed by atoms with Crippen molar-refractivity contribution in [3.8, 4) is 0 Å². The fourth-order valence-electron chi connectivity index (χ4n) is 9.41. The Balaban J connectivity index is 1.23. The second kappa shape index (κ2) is 9.93. The fraction of sp³-hybridized carbons (Fsp3) is 0.774. The van der Waals surface area contributed by atoms with E-state index in [0.29, 0.717) is 23.2 Å². The summed E-state index contributed by atoms with van der Waals surface area (Å²) in [6.45, 7) is 5.03. The predicted octanol–water partition coefficient (Wildman–Crippen LogP) is 6.84. The first-order valence-electron chi connectivity index (χ1n) is 14.4. The number of aryl methyl sites for hydroxylation is 1. The topological polar surface area (TPSA) is 49.8 Å². The van der Waals surface area contributed by atoms with E-state index in [0.717, 1.165) is 55.9 Å². The molecule has 4 saturated carbocycles.